The molecule has 0 saturated heterocycles. The van der Waals surface area contributed by atoms with Crippen molar-refractivity contribution in [2.75, 3.05) is 0 Å². The predicted molar refractivity (Wildman–Crippen MR) is 85.6 cm³/mol. The smallest absolute Gasteiger partial charge is 0.130 e. The summed E-state index contributed by atoms with van der Waals surface area (Å²) in [6, 6.07) is 10.3. The van der Waals surface area contributed by atoms with Gasteiger partial charge in [-0.3, -0.25) is 4.68 Å². The number of aromatic nitrogens is 4. The van der Waals surface area contributed by atoms with Crippen LogP contribution in [0.5, 0.6) is 0 Å². The Balaban J connectivity index is 1.96. The highest BCUT2D eigenvalue weighted by Gasteiger charge is 2.05. The van der Waals surface area contributed by atoms with E-state index >= 15 is 0 Å². The van der Waals surface area contributed by atoms with E-state index in [1.54, 1.807) is 4.68 Å². The van der Waals surface area contributed by atoms with Crippen LogP contribution in [0.4, 0.5) is 0 Å². The third-order valence-corrected chi connectivity index (χ3v) is 3.47. The summed E-state index contributed by atoms with van der Waals surface area (Å²) >= 11 is 5.28. The summed E-state index contributed by atoms with van der Waals surface area (Å²) < 4.78 is 2.36. The van der Waals surface area contributed by atoms with Crippen LogP contribution >= 0.6 is 12.2 Å². The van der Waals surface area contributed by atoms with Crippen molar-refractivity contribution in [2.24, 2.45) is 7.05 Å². The van der Waals surface area contributed by atoms with Gasteiger partial charge in [0.1, 0.15) is 10.5 Å². The Labute approximate surface area is 128 Å². The van der Waals surface area contributed by atoms with Crippen molar-refractivity contribution in [3.8, 4) is 11.3 Å². The lowest BCUT2D eigenvalue weighted by atomic mass is 10.1. The minimum Gasteiger partial charge on any atom is -0.343 e. The first-order valence-corrected chi connectivity index (χ1v) is 7.16. The van der Waals surface area contributed by atoms with Crippen molar-refractivity contribution in [3.05, 3.63) is 64.3 Å². The van der Waals surface area contributed by atoms with E-state index in [4.69, 9.17) is 12.2 Å². The van der Waals surface area contributed by atoms with Crippen molar-refractivity contribution in [2.45, 2.75) is 13.3 Å². The summed E-state index contributed by atoms with van der Waals surface area (Å²) in [6.07, 6.45) is 4.51. The molecule has 0 aliphatic heterocycles. The van der Waals surface area contributed by atoms with E-state index in [1.807, 2.05) is 25.5 Å². The third kappa shape index (κ3) is 3.25. The largest absolute Gasteiger partial charge is 0.343 e. The molecular weight excluding hydrogens is 280 g/mol. The number of rotatable bonds is 3. The van der Waals surface area contributed by atoms with E-state index in [9.17, 15) is 0 Å². The molecule has 106 valence electrons. The van der Waals surface area contributed by atoms with Crippen LogP contribution < -0.4 is 0 Å². The van der Waals surface area contributed by atoms with Crippen LogP contribution in [-0.4, -0.2) is 19.7 Å². The highest BCUT2D eigenvalue weighted by molar-refractivity contribution is 7.71. The molecule has 0 bridgehead atoms. The molecule has 0 amide bonds. The fourth-order valence-electron chi connectivity index (χ4n) is 2.32. The zero-order valence-electron chi connectivity index (χ0n) is 12.0. The van der Waals surface area contributed by atoms with Gasteiger partial charge in [0.25, 0.3) is 0 Å². The average Bonchev–Trinajstić information content (AvgIpc) is 2.85. The molecule has 0 aliphatic rings. The fourth-order valence-corrected chi connectivity index (χ4v) is 2.55. The van der Waals surface area contributed by atoms with Crippen molar-refractivity contribution in [1.29, 1.82) is 0 Å². The lowest BCUT2D eigenvalue weighted by Gasteiger charge is -2.05. The van der Waals surface area contributed by atoms with Crippen molar-refractivity contribution in [1.82, 2.24) is 19.7 Å². The van der Waals surface area contributed by atoms with Crippen LogP contribution in [0.1, 0.15) is 17.0 Å². The molecule has 3 aromatic rings. The SMILES string of the molecule is Cc1cccc(Cc2nc(=S)cc(-c3cnn(C)c3)[nH]2)c1. The molecule has 0 atom stereocenters. The number of hydrogen-bond donors (Lipinski definition) is 1. The van der Waals surface area contributed by atoms with Crippen molar-refractivity contribution < 1.29 is 0 Å². The van der Waals surface area contributed by atoms with E-state index in [-0.39, 0.29) is 0 Å². The van der Waals surface area contributed by atoms with Crippen molar-refractivity contribution >= 4 is 12.2 Å². The van der Waals surface area contributed by atoms with Crippen LogP contribution in [0, 0.1) is 11.6 Å². The molecule has 4 nitrogen and oxygen atoms in total. The lowest BCUT2D eigenvalue weighted by Crippen LogP contribution is -1.99. The highest BCUT2D eigenvalue weighted by atomic mass is 32.1. The minimum atomic E-state index is 0.593. The average molecular weight is 296 g/mol. The van der Waals surface area contributed by atoms with E-state index in [0.717, 1.165) is 23.5 Å². The van der Waals surface area contributed by atoms with Crippen LogP contribution in [0.3, 0.4) is 0 Å². The predicted octanol–water partition coefficient (Wildman–Crippen LogP) is 3.44. The van der Waals surface area contributed by atoms with Crippen LogP contribution in [0.15, 0.2) is 42.7 Å². The fraction of sp³-hybridized carbons (Fsp3) is 0.188. The van der Waals surface area contributed by atoms with Gasteiger partial charge in [0.2, 0.25) is 0 Å². The first-order chi connectivity index (χ1) is 10.1. The van der Waals surface area contributed by atoms with Crippen LogP contribution in [0.2, 0.25) is 0 Å². The maximum Gasteiger partial charge on any atom is 0.130 e. The number of hydrogen-bond acceptors (Lipinski definition) is 3. The highest BCUT2D eigenvalue weighted by Crippen LogP contribution is 2.17. The quantitative estimate of drug-likeness (QED) is 0.753. The van der Waals surface area contributed by atoms with E-state index in [1.165, 1.54) is 11.1 Å². The summed E-state index contributed by atoms with van der Waals surface area (Å²) in [5.41, 5.74) is 4.42. The monoisotopic (exact) mass is 296 g/mol. The molecule has 5 heteroatoms. The number of aryl methyl sites for hydroxylation is 2. The maximum atomic E-state index is 5.28. The van der Waals surface area contributed by atoms with E-state index in [2.05, 4.69) is 46.3 Å². The van der Waals surface area contributed by atoms with E-state index < -0.39 is 0 Å². The summed E-state index contributed by atoms with van der Waals surface area (Å²) in [5.74, 6) is 0.868. The first kappa shape index (κ1) is 13.7. The lowest BCUT2D eigenvalue weighted by molar-refractivity contribution is 0.768. The van der Waals surface area contributed by atoms with Gasteiger partial charge in [0.05, 0.1) is 11.9 Å². The molecule has 0 saturated carbocycles. The Morgan fingerprint density at radius 3 is 2.86 bits per heavy atom. The van der Waals surface area contributed by atoms with Crippen molar-refractivity contribution in [3.63, 3.8) is 0 Å². The van der Waals surface area contributed by atoms with E-state index in [0.29, 0.717) is 4.64 Å². The summed E-state index contributed by atoms with van der Waals surface area (Å²) in [5, 5.41) is 4.19. The second-order valence-corrected chi connectivity index (χ2v) is 5.57. The number of H-pyrrole nitrogens is 1. The van der Waals surface area contributed by atoms with Gasteiger partial charge in [-0.15, -0.1) is 0 Å². The molecule has 0 aliphatic carbocycles. The van der Waals surface area contributed by atoms with Gasteiger partial charge in [-0.25, -0.2) is 4.98 Å². The van der Waals surface area contributed by atoms with Gasteiger partial charge in [-0.1, -0.05) is 42.0 Å². The standard InChI is InChI=1S/C16H16N4S/c1-11-4-3-5-12(6-11)7-15-18-14(8-16(21)19-15)13-9-17-20(2)10-13/h3-6,8-10H,7H2,1-2H3,(H,18,19,21). The zero-order chi connectivity index (χ0) is 14.8. The number of benzene rings is 1. The Bertz CT molecular complexity index is 832. The van der Waals surface area contributed by atoms with Gasteiger partial charge < -0.3 is 4.98 Å². The topological polar surface area (TPSA) is 46.5 Å². The Kier molecular flexibility index (Phi) is 3.66. The van der Waals surface area contributed by atoms with Gasteiger partial charge in [-0.05, 0) is 18.6 Å². The third-order valence-electron chi connectivity index (χ3n) is 3.26. The summed E-state index contributed by atoms with van der Waals surface area (Å²) in [6.45, 7) is 2.09. The Morgan fingerprint density at radius 2 is 2.14 bits per heavy atom. The van der Waals surface area contributed by atoms with Gasteiger partial charge in [0.15, 0.2) is 0 Å². The van der Waals surface area contributed by atoms with Gasteiger partial charge in [-0.2, -0.15) is 5.10 Å². The first-order valence-electron chi connectivity index (χ1n) is 6.75. The summed E-state index contributed by atoms with van der Waals surface area (Å²) in [4.78, 5) is 7.77. The normalized spacial score (nSPS) is 10.8. The Morgan fingerprint density at radius 1 is 1.29 bits per heavy atom. The minimum absolute atomic E-state index is 0.593. The molecule has 21 heavy (non-hydrogen) atoms. The van der Waals surface area contributed by atoms with Crippen LogP contribution in [-0.2, 0) is 13.5 Å². The second-order valence-electron chi connectivity index (χ2n) is 5.15. The molecule has 0 radical (unpaired) electrons. The molecule has 0 fully saturated rings. The zero-order valence-corrected chi connectivity index (χ0v) is 12.8. The molecule has 1 aromatic carbocycles. The van der Waals surface area contributed by atoms with Gasteiger partial charge in [0, 0.05) is 25.2 Å². The number of aromatic amines is 1. The van der Waals surface area contributed by atoms with Gasteiger partial charge >= 0.3 is 0 Å². The molecule has 0 unspecified atom stereocenters. The number of nitrogens with zero attached hydrogens (tertiary/aromatic N) is 3. The molecule has 2 heterocycles. The molecule has 3 rings (SSSR count). The molecule has 1 N–H and O–H groups in total. The van der Waals surface area contributed by atoms with Crippen LogP contribution in [0.25, 0.3) is 11.3 Å². The summed E-state index contributed by atoms with van der Waals surface area (Å²) in [7, 11) is 1.90. The number of nitrogens with one attached hydrogen (secondary N) is 1. The second kappa shape index (κ2) is 5.61. The molecule has 2 aromatic heterocycles. The Hall–Kier alpha value is -2.27. The maximum absolute atomic E-state index is 5.28. The molecular formula is C16H16N4S. The molecule has 0 spiro atoms.